The van der Waals surface area contributed by atoms with E-state index in [1.807, 2.05) is 0 Å². The van der Waals surface area contributed by atoms with E-state index < -0.39 is 0 Å². The summed E-state index contributed by atoms with van der Waals surface area (Å²) in [5, 5.41) is 11.8. The summed E-state index contributed by atoms with van der Waals surface area (Å²) < 4.78 is 0. The first-order valence-electron chi connectivity index (χ1n) is 9.84. The Bertz CT molecular complexity index is 260. The molecule has 2 N–H and O–H groups in total. The van der Waals surface area contributed by atoms with Crippen molar-refractivity contribution >= 4 is 5.91 Å². The first kappa shape index (κ1) is 22.4. The third-order valence-corrected chi connectivity index (χ3v) is 4.34. The first-order chi connectivity index (χ1) is 11.2. The largest absolute Gasteiger partial charge is 0.396 e. The van der Waals surface area contributed by atoms with Crippen molar-refractivity contribution in [3.63, 3.8) is 0 Å². The number of aliphatic hydroxyl groups is 1. The van der Waals surface area contributed by atoms with Crippen LogP contribution in [0.3, 0.4) is 0 Å². The fraction of sp³-hybridized carbons (Fsp3) is 0.947. The van der Waals surface area contributed by atoms with Crippen molar-refractivity contribution in [2.45, 2.75) is 90.9 Å². The van der Waals surface area contributed by atoms with Crippen molar-refractivity contribution in [2.24, 2.45) is 0 Å². The number of carbonyl (C=O) groups is 1. The van der Waals surface area contributed by atoms with E-state index in [1.165, 1.54) is 51.4 Å². The lowest BCUT2D eigenvalue weighted by Crippen LogP contribution is -2.38. The van der Waals surface area contributed by atoms with Gasteiger partial charge in [-0.15, -0.1) is 0 Å². The second-order valence-corrected chi connectivity index (χ2v) is 6.48. The van der Waals surface area contributed by atoms with Crippen LogP contribution in [0.2, 0.25) is 0 Å². The molecule has 0 saturated carbocycles. The molecule has 1 amide bonds. The fourth-order valence-electron chi connectivity index (χ4n) is 2.68. The molecular weight excluding hydrogens is 288 g/mol. The van der Waals surface area contributed by atoms with E-state index >= 15 is 0 Å². The highest BCUT2D eigenvalue weighted by Gasteiger charge is 2.05. The van der Waals surface area contributed by atoms with Crippen molar-refractivity contribution in [3.05, 3.63) is 0 Å². The highest BCUT2D eigenvalue weighted by atomic mass is 16.2. The number of nitrogens with zero attached hydrogens (tertiary/aromatic N) is 1. The number of rotatable bonds is 17. The second-order valence-electron chi connectivity index (χ2n) is 6.48. The lowest BCUT2D eigenvalue weighted by Gasteiger charge is -2.20. The van der Waals surface area contributed by atoms with Crippen molar-refractivity contribution < 1.29 is 9.90 Å². The van der Waals surface area contributed by atoms with E-state index in [2.05, 4.69) is 24.1 Å². The summed E-state index contributed by atoms with van der Waals surface area (Å²) in [6.45, 7) is 7.43. The first-order valence-corrected chi connectivity index (χ1v) is 9.84. The molecule has 0 fully saturated rings. The molecule has 0 saturated heterocycles. The third kappa shape index (κ3) is 16.0. The molecule has 0 radical (unpaired) electrons. The van der Waals surface area contributed by atoms with Gasteiger partial charge in [0, 0.05) is 13.0 Å². The van der Waals surface area contributed by atoms with Gasteiger partial charge in [0.15, 0.2) is 0 Å². The number of amides is 1. The van der Waals surface area contributed by atoms with Crippen molar-refractivity contribution in [1.82, 2.24) is 10.2 Å². The Morgan fingerprint density at radius 2 is 1.48 bits per heavy atom. The van der Waals surface area contributed by atoms with Crippen molar-refractivity contribution in [3.8, 4) is 0 Å². The van der Waals surface area contributed by atoms with Gasteiger partial charge < -0.3 is 10.4 Å². The van der Waals surface area contributed by atoms with Crippen LogP contribution in [0, 0.1) is 0 Å². The zero-order valence-corrected chi connectivity index (χ0v) is 15.6. The lowest BCUT2D eigenvalue weighted by atomic mass is 10.1. The minimum atomic E-state index is 0.198. The van der Waals surface area contributed by atoms with Crippen LogP contribution in [0.4, 0.5) is 0 Å². The molecule has 0 bridgehead atoms. The van der Waals surface area contributed by atoms with Gasteiger partial charge in [-0.3, -0.25) is 9.69 Å². The monoisotopic (exact) mass is 328 g/mol. The van der Waals surface area contributed by atoms with Crippen LogP contribution in [0.1, 0.15) is 90.9 Å². The van der Waals surface area contributed by atoms with Crippen LogP contribution in [-0.2, 0) is 4.79 Å². The van der Waals surface area contributed by atoms with Gasteiger partial charge >= 0.3 is 0 Å². The minimum absolute atomic E-state index is 0.198. The molecule has 0 rings (SSSR count). The topological polar surface area (TPSA) is 52.6 Å². The van der Waals surface area contributed by atoms with Gasteiger partial charge in [-0.25, -0.2) is 0 Å². The highest BCUT2D eigenvalue weighted by molar-refractivity contribution is 5.75. The smallest absolute Gasteiger partial charge is 0.220 e. The predicted octanol–water partition coefficient (Wildman–Crippen LogP) is 4.08. The Kier molecular flexibility index (Phi) is 17.3. The van der Waals surface area contributed by atoms with Gasteiger partial charge in [0.25, 0.3) is 0 Å². The zero-order chi connectivity index (χ0) is 17.2. The number of carbonyl (C=O) groups excluding carboxylic acids is 1. The van der Waals surface area contributed by atoms with Gasteiger partial charge in [-0.2, -0.15) is 0 Å². The Balaban J connectivity index is 3.49. The molecule has 0 heterocycles. The van der Waals surface area contributed by atoms with Gasteiger partial charge in [0.05, 0.1) is 6.67 Å². The van der Waals surface area contributed by atoms with Gasteiger partial charge in [0.1, 0.15) is 0 Å². The van der Waals surface area contributed by atoms with Crippen LogP contribution < -0.4 is 5.32 Å². The van der Waals surface area contributed by atoms with E-state index in [0.717, 1.165) is 32.4 Å². The maximum absolute atomic E-state index is 11.8. The molecule has 0 unspecified atom stereocenters. The maximum Gasteiger partial charge on any atom is 0.220 e. The Morgan fingerprint density at radius 3 is 2.09 bits per heavy atom. The van der Waals surface area contributed by atoms with Crippen LogP contribution in [0.25, 0.3) is 0 Å². The van der Waals surface area contributed by atoms with Gasteiger partial charge in [-0.05, 0) is 32.4 Å². The van der Waals surface area contributed by atoms with E-state index in [9.17, 15) is 4.79 Å². The van der Waals surface area contributed by atoms with Crippen LogP contribution in [-0.4, -0.2) is 42.3 Å². The maximum atomic E-state index is 11.8. The molecular formula is C19H40N2O2. The molecule has 0 aromatic heterocycles. The third-order valence-electron chi connectivity index (χ3n) is 4.34. The van der Waals surface area contributed by atoms with E-state index in [1.54, 1.807) is 0 Å². The minimum Gasteiger partial charge on any atom is -0.396 e. The van der Waals surface area contributed by atoms with Crippen LogP contribution >= 0.6 is 0 Å². The number of aliphatic hydroxyl groups excluding tert-OH is 1. The SMILES string of the molecule is CCCCCCC(=O)NCN(CC)CCCCCCCCCO. The summed E-state index contributed by atoms with van der Waals surface area (Å²) in [6, 6.07) is 0. The number of unbranched alkanes of at least 4 members (excludes halogenated alkanes) is 9. The number of nitrogens with one attached hydrogen (secondary N) is 1. The van der Waals surface area contributed by atoms with Crippen molar-refractivity contribution in [1.29, 1.82) is 0 Å². The Morgan fingerprint density at radius 1 is 0.870 bits per heavy atom. The van der Waals surface area contributed by atoms with E-state index in [4.69, 9.17) is 5.11 Å². The van der Waals surface area contributed by atoms with E-state index in [-0.39, 0.29) is 5.91 Å². The summed E-state index contributed by atoms with van der Waals surface area (Å²) in [5.74, 6) is 0.198. The normalized spacial score (nSPS) is 11.1. The Hall–Kier alpha value is -0.610. The molecule has 0 aliphatic heterocycles. The van der Waals surface area contributed by atoms with Gasteiger partial charge in [-0.1, -0.05) is 65.2 Å². The molecule has 4 nitrogen and oxygen atoms in total. The molecule has 0 aliphatic carbocycles. The fourth-order valence-corrected chi connectivity index (χ4v) is 2.68. The molecule has 0 aromatic rings. The molecule has 0 spiro atoms. The molecule has 0 aliphatic rings. The van der Waals surface area contributed by atoms with E-state index in [0.29, 0.717) is 19.7 Å². The predicted molar refractivity (Wildman–Crippen MR) is 98.4 cm³/mol. The van der Waals surface area contributed by atoms with Crippen molar-refractivity contribution in [2.75, 3.05) is 26.4 Å². The summed E-state index contributed by atoms with van der Waals surface area (Å²) in [6.07, 6.45) is 13.7. The average molecular weight is 329 g/mol. The average Bonchev–Trinajstić information content (AvgIpc) is 2.56. The molecule has 138 valence electrons. The van der Waals surface area contributed by atoms with Crippen LogP contribution in [0.15, 0.2) is 0 Å². The summed E-state index contributed by atoms with van der Waals surface area (Å²) >= 11 is 0. The second kappa shape index (κ2) is 17.7. The molecule has 23 heavy (non-hydrogen) atoms. The molecule has 4 heteroatoms. The Labute approximate surface area is 144 Å². The number of hydrogen-bond donors (Lipinski definition) is 2. The standard InChI is InChI=1S/C19H40N2O2/c1-3-5-6-12-15-19(23)20-18-21(4-2)16-13-10-8-7-9-11-14-17-22/h22H,3-18H2,1-2H3,(H,20,23). The van der Waals surface area contributed by atoms with Crippen LogP contribution in [0.5, 0.6) is 0 Å². The summed E-state index contributed by atoms with van der Waals surface area (Å²) in [7, 11) is 0. The zero-order valence-electron chi connectivity index (χ0n) is 15.6. The van der Waals surface area contributed by atoms with Gasteiger partial charge in [0.2, 0.25) is 5.91 Å². The highest BCUT2D eigenvalue weighted by Crippen LogP contribution is 2.07. The lowest BCUT2D eigenvalue weighted by molar-refractivity contribution is -0.121. The molecule has 0 atom stereocenters. The quantitative estimate of drug-likeness (QED) is 0.312. The number of hydrogen-bond acceptors (Lipinski definition) is 3. The summed E-state index contributed by atoms with van der Waals surface area (Å²) in [5.41, 5.74) is 0. The summed E-state index contributed by atoms with van der Waals surface area (Å²) in [4.78, 5) is 14.1. The molecule has 0 aromatic carbocycles.